The average molecular weight is 290 g/mol. The van der Waals surface area contributed by atoms with Crippen LogP contribution in [0, 0.1) is 18.2 Å². The van der Waals surface area contributed by atoms with Crippen molar-refractivity contribution < 1.29 is 13.9 Å². The van der Waals surface area contributed by atoms with Gasteiger partial charge in [0.1, 0.15) is 18.0 Å². The van der Waals surface area contributed by atoms with Crippen LogP contribution in [0.2, 0.25) is 0 Å². The van der Waals surface area contributed by atoms with Crippen LogP contribution >= 0.6 is 0 Å². The number of halogens is 1. The smallest absolute Gasteiger partial charge is 0.232 e. The minimum Gasteiger partial charge on any atom is -0.474 e. The molecule has 4 nitrogen and oxygen atoms in total. The molecule has 0 bridgehead atoms. The van der Waals surface area contributed by atoms with Crippen LogP contribution < -0.4 is 4.74 Å². The predicted octanol–water partition coefficient (Wildman–Crippen LogP) is 3.04. The maximum atomic E-state index is 12.9. The Hall–Kier alpha value is -2.32. The van der Waals surface area contributed by atoms with Crippen molar-refractivity contribution in [2.75, 3.05) is 20.3 Å². The van der Waals surface area contributed by atoms with Gasteiger partial charge in [0.05, 0.1) is 18.5 Å². The zero-order chi connectivity index (χ0) is 15.7. The molecule has 0 N–H and O–H groups in total. The Kier molecular flexibility index (Phi) is 6.99. The summed E-state index contributed by atoms with van der Waals surface area (Å²) in [5, 5.41) is 4.15. The van der Waals surface area contributed by atoms with Gasteiger partial charge in [0, 0.05) is 7.11 Å². The van der Waals surface area contributed by atoms with Gasteiger partial charge >= 0.3 is 0 Å². The predicted molar refractivity (Wildman–Crippen MR) is 80.2 cm³/mol. The van der Waals surface area contributed by atoms with E-state index in [1.807, 2.05) is 13.8 Å². The lowest BCUT2D eigenvalue weighted by atomic mass is 10.3. The third-order valence-corrected chi connectivity index (χ3v) is 2.48. The van der Waals surface area contributed by atoms with Crippen molar-refractivity contribution in [3.63, 3.8) is 0 Å². The number of rotatable bonds is 5. The number of ether oxygens (including phenoxy) is 2. The minimum atomic E-state index is -0.310. The van der Waals surface area contributed by atoms with Crippen LogP contribution in [0.25, 0.3) is 5.69 Å². The van der Waals surface area contributed by atoms with Crippen molar-refractivity contribution in [2.24, 2.45) is 0 Å². The molecule has 112 valence electrons. The average Bonchev–Trinajstić information content (AvgIpc) is 2.93. The van der Waals surface area contributed by atoms with Gasteiger partial charge in [0.25, 0.3) is 0 Å². The molecule has 0 aliphatic carbocycles. The second kappa shape index (κ2) is 8.77. The standard InChI is InChI=1S/C14H13FN2O2.C2H6/c1-3-11-10-16-17(14(11)19-9-8-18-2)13-6-4-12(15)5-7-13;1-2/h1,4-7,10H,8-9H2,2H3;1-2H3. The molecular formula is C16H19FN2O2. The van der Waals surface area contributed by atoms with E-state index in [0.29, 0.717) is 30.3 Å². The molecule has 0 saturated carbocycles. The van der Waals surface area contributed by atoms with Crippen molar-refractivity contribution in [2.45, 2.75) is 13.8 Å². The molecule has 0 atom stereocenters. The minimum absolute atomic E-state index is 0.310. The quantitative estimate of drug-likeness (QED) is 0.627. The monoisotopic (exact) mass is 290 g/mol. The van der Waals surface area contributed by atoms with E-state index in [-0.39, 0.29) is 5.82 Å². The molecule has 2 rings (SSSR count). The fraction of sp³-hybridized carbons (Fsp3) is 0.312. The summed E-state index contributed by atoms with van der Waals surface area (Å²) in [6, 6.07) is 5.91. The molecule has 0 fully saturated rings. The largest absolute Gasteiger partial charge is 0.474 e. The van der Waals surface area contributed by atoms with Crippen LogP contribution in [0.15, 0.2) is 30.5 Å². The van der Waals surface area contributed by atoms with E-state index >= 15 is 0 Å². The highest BCUT2D eigenvalue weighted by atomic mass is 19.1. The summed E-state index contributed by atoms with van der Waals surface area (Å²) >= 11 is 0. The van der Waals surface area contributed by atoms with Gasteiger partial charge in [-0.25, -0.2) is 4.39 Å². The molecule has 0 aliphatic heterocycles. The van der Waals surface area contributed by atoms with Gasteiger partial charge in [-0.2, -0.15) is 9.78 Å². The van der Waals surface area contributed by atoms with Crippen LogP contribution in [-0.4, -0.2) is 30.1 Å². The summed E-state index contributed by atoms with van der Waals surface area (Å²) in [7, 11) is 1.59. The van der Waals surface area contributed by atoms with Crippen molar-refractivity contribution >= 4 is 0 Å². The third kappa shape index (κ3) is 4.33. The van der Waals surface area contributed by atoms with E-state index in [1.165, 1.54) is 23.0 Å². The zero-order valence-electron chi connectivity index (χ0n) is 12.5. The molecule has 0 amide bonds. The number of hydrogen-bond donors (Lipinski definition) is 0. The Morgan fingerprint density at radius 2 is 1.90 bits per heavy atom. The van der Waals surface area contributed by atoms with E-state index in [2.05, 4.69) is 11.0 Å². The van der Waals surface area contributed by atoms with Gasteiger partial charge in [-0.3, -0.25) is 0 Å². The summed E-state index contributed by atoms with van der Waals surface area (Å²) in [5.41, 5.74) is 1.22. The van der Waals surface area contributed by atoms with Gasteiger partial charge in [0.2, 0.25) is 5.88 Å². The molecule has 0 radical (unpaired) electrons. The molecule has 5 heteroatoms. The van der Waals surface area contributed by atoms with E-state index < -0.39 is 0 Å². The lowest BCUT2D eigenvalue weighted by Gasteiger charge is -2.09. The molecule has 1 aromatic heterocycles. The number of terminal acetylenes is 1. The first kappa shape index (κ1) is 16.7. The highest BCUT2D eigenvalue weighted by Gasteiger charge is 2.12. The first-order valence-electron chi connectivity index (χ1n) is 6.68. The molecule has 2 aromatic rings. The Morgan fingerprint density at radius 1 is 1.24 bits per heavy atom. The van der Waals surface area contributed by atoms with Crippen molar-refractivity contribution in [3.05, 3.63) is 41.8 Å². The normalized spacial score (nSPS) is 9.48. The van der Waals surface area contributed by atoms with Crippen LogP contribution in [0.4, 0.5) is 4.39 Å². The molecule has 0 unspecified atom stereocenters. The number of methoxy groups -OCH3 is 1. The lowest BCUT2D eigenvalue weighted by molar-refractivity contribution is 0.142. The molecule has 0 aliphatic rings. The lowest BCUT2D eigenvalue weighted by Crippen LogP contribution is -2.09. The van der Waals surface area contributed by atoms with Crippen molar-refractivity contribution in [1.82, 2.24) is 9.78 Å². The molecule has 1 aromatic carbocycles. The van der Waals surface area contributed by atoms with Gasteiger partial charge < -0.3 is 9.47 Å². The van der Waals surface area contributed by atoms with E-state index in [9.17, 15) is 4.39 Å². The second-order valence-electron chi connectivity index (χ2n) is 3.74. The number of aromatic nitrogens is 2. The van der Waals surface area contributed by atoms with Gasteiger partial charge in [0.15, 0.2) is 0 Å². The fourth-order valence-corrected chi connectivity index (χ4v) is 1.56. The first-order valence-corrected chi connectivity index (χ1v) is 6.68. The topological polar surface area (TPSA) is 36.3 Å². The zero-order valence-corrected chi connectivity index (χ0v) is 12.5. The summed E-state index contributed by atoms with van der Waals surface area (Å²) in [5.74, 6) is 2.64. The molecule has 1 heterocycles. The molecular weight excluding hydrogens is 271 g/mol. The number of benzene rings is 1. The van der Waals surface area contributed by atoms with Crippen LogP contribution in [0.3, 0.4) is 0 Å². The summed E-state index contributed by atoms with van der Waals surface area (Å²) in [6.45, 7) is 4.80. The summed E-state index contributed by atoms with van der Waals surface area (Å²) < 4.78 is 24.9. The van der Waals surface area contributed by atoms with Crippen LogP contribution in [-0.2, 0) is 4.74 Å². The summed E-state index contributed by atoms with van der Waals surface area (Å²) in [4.78, 5) is 0. The third-order valence-electron chi connectivity index (χ3n) is 2.48. The second-order valence-corrected chi connectivity index (χ2v) is 3.74. The Morgan fingerprint density at radius 3 is 2.48 bits per heavy atom. The molecule has 21 heavy (non-hydrogen) atoms. The first-order chi connectivity index (χ1) is 10.3. The van der Waals surface area contributed by atoms with Gasteiger partial charge in [-0.1, -0.05) is 19.8 Å². The Balaban J connectivity index is 0.00000106. The Labute approximate surface area is 124 Å². The SMILES string of the molecule is C#Cc1cnn(-c2ccc(F)cc2)c1OCCOC.CC. The fourth-order valence-electron chi connectivity index (χ4n) is 1.56. The number of nitrogens with zero attached hydrogens (tertiary/aromatic N) is 2. The Bertz CT molecular complexity index is 585. The van der Waals surface area contributed by atoms with Crippen LogP contribution in [0.5, 0.6) is 5.88 Å². The van der Waals surface area contributed by atoms with Crippen molar-refractivity contribution in [1.29, 1.82) is 0 Å². The highest BCUT2D eigenvalue weighted by Crippen LogP contribution is 2.22. The molecule has 0 spiro atoms. The van der Waals surface area contributed by atoms with E-state index in [0.717, 1.165) is 0 Å². The maximum absolute atomic E-state index is 12.9. The van der Waals surface area contributed by atoms with Gasteiger partial charge in [-0.05, 0) is 24.3 Å². The van der Waals surface area contributed by atoms with E-state index in [1.54, 1.807) is 19.2 Å². The highest BCUT2D eigenvalue weighted by molar-refractivity contribution is 5.45. The summed E-state index contributed by atoms with van der Waals surface area (Å²) in [6.07, 6.45) is 6.93. The van der Waals surface area contributed by atoms with Crippen LogP contribution in [0.1, 0.15) is 19.4 Å². The molecule has 0 saturated heterocycles. The van der Waals surface area contributed by atoms with Gasteiger partial charge in [-0.15, -0.1) is 6.42 Å². The number of hydrogen-bond acceptors (Lipinski definition) is 3. The van der Waals surface area contributed by atoms with E-state index in [4.69, 9.17) is 15.9 Å². The maximum Gasteiger partial charge on any atom is 0.232 e. The van der Waals surface area contributed by atoms with Crippen molar-refractivity contribution in [3.8, 4) is 23.9 Å².